The van der Waals surface area contributed by atoms with E-state index < -0.39 is 0 Å². The monoisotopic (exact) mass is 149 g/mol. The molecule has 0 aliphatic carbocycles. The zero-order valence-corrected chi connectivity index (χ0v) is 5.77. The van der Waals surface area contributed by atoms with Gasteiger partial charge in [-0.3, -0.25) is 9.78 Å². The number of aromatic nitrogens is 2. The first kappa shape index (κ1) is 9.11. The minimum Gasteiger partial charge on any atom is -0.312 e. The summed E-state index contributed by atoms with van der Waals surface area (Å²) in [6.45, 7) is 0. The predicted octanol–water partition coefficient (Wildman–Crippen LogP) is 0.294. The summed E-state index contributed by atoms with van der Waals surface area (Å²) in [7, 11) is 0. The third-order valence-corrected chi connectivity index (χ3v) is 0.770. The summed E-state index contributed by atoms with van der Waals surface area (Å²) in [6.07, 6.45) is 13.1. The molecule has 0 unspecified atom stereocenters. The molecule has 0 bridgehead atoms. The molecule has 1 heterocycles. The van der Waals surface area contributed by atoms with E-state index in [1.54, 1.807) is 0 Å². The van der Waals surface area contributed by atoms with Gasteiger partial charge >= 0.3 is 0 Å². The van der Waals surface area contributed by atoms with Gasteiger partial charge in [0.1, 0.15) is 0 Å². The van der Waals surface area contributed by atoms with Gasteiger partial charge in [0.15, 0.2) is 5.82 Å². The molecule has 1 aromatic heterocycles. The Morgan fingerprint density at radius 1 is 1.45 bits per heavy atom. The number of terminal acetylenes is 1. The van der Waals surface area contributed by atoms with Crippen LogP contribution in [-0.4, -0.2) is 16.4 Å². The summed E-state index contributed by atoms with van der Waals surface area (Å²) >= 11 is 0. The summed E-state index contributed by atoms with van der Waals surface area (Å²) in [5, 5.41) is 2.35. The van der Waals surface area contributed by atoms with Gasteiger partial charge in [-0.15, -0.1) is 12.8 Å². The fourth-order valence-corrected chi connectivity index (χ4v) is 0.434. The van der Waals surface area contributed by atoms with Crippen LogP contribution in [0.25, 0.3) is 0 Å². The molecule has 0 saturated heterocycles. The lowest BCUT2D eigenvalue weighted by atomic mass is 10.7. The Bertz CT molecular complexity index is 220. The number of hydrogen-bond acceptors (Lipinski definition) is 3. The quantitative estimate of drug-likeness (QED) is 0.486. The topological polar surface area (TPSA) is 54.9 Å². The van der Waals surface area contributed by atoms with Crippen molar-refractivity contribution in [3.05, 3.63) is 18.6 Å². The van der Waals surface area contributed by atoms with Gasteiger partial charge in [0.05, 0.1) is 6.20 Å². The third kappa shape index (κ3) is 3.65. The molecule has 1 amide bonds. The number of nitrogens with one attached hydrogen (secondary N) is 1. The van der Waals surface area contributed by atoms with Gasteiger partial charge in [0.2, 0.25) is 6.41 Å². The molecule has 1 rings (SSSR count). The normalized spacial score (nSPS) is 7.09. The Labute approximate surface area is 64.7 Å². The van der Waals surface area contributed by atoms with E-state index in [2.05, 4.69) is 28.1 Å². The lowest BCUT2D eigenvalue weighted by Gasteiger charge is -1.91. The minimum atomic E-state index is 0.465. The number of nitrogens with zero attached hydrogens (tertiary/aromatic N) is 2. The molecule has 0 aliphatic rings. The van der Waals surface area contributed by atoms with Crippen molar-refractivity contribution < 1.29 is 4.79 Å². The molecular weight excluding hydrogens is 142 g/mol. The van der Waals surface area contributed by atoms with E-state index >= 15 is 0 Å². The summed E-state index contributed by atoms with van der Waals surface area (Å²) in [5.74, 6) is 0.465. The first-order valence-corrected chi connectivity index (χ1v) is 2.73. The molecular formula is C7H7N3O. The molecule has 0 aliphatic heterocycles. The van der Waals surface area contributed by atoms with E-state index in [1.165, 1.54) is 18.6 Å². The molecule has 4 nitrogen and oxygen atoms in total. The van der Waals surface area contributed by atoms with Crippen LogP contribution >= 0.6 is 0 Å². The van der Waals surface area contributed by atoms with E-state index in [4.69, 9.17) is 0 Å². The van der Waals surface area contributed by atoms with E-state index in [9.17, 15) is 4.79 Å². The van der Waals surface area contributed by atoms with Gasteiger partial charge in [0.25, 0.3) is 0 Å². The summed E-state index contributed by atoms with van der Waals surface area (Å²) in [5.41, 5.74) is 0. The average Bonchev–Trinajstić information content (AvgIpc) is 2.11. The zero-order valence-electron chi connectivity index (χ0n) is 5.77. The van der Waals surface area contributed by atoms with Gasteiger partial charge in [0, 0.05) is 12.4 Å². The van der Waals surface area contributed by atoms with Crippen LogP contribution in [0.15, 0.2) is 18.6 Å². The molecule has 0 radical (unpaired) electrons. The van der Waals surface area contributed by atoms with Crippen molar-refractivity contribution in [1.29, 1.82) is 0 Å². The van der Waals surface area contributed by atoms with Crippen molar-refractivity contribution in [3.63, 3.8) is 0 Å². The van der Waals surface area contributed by atoms with Crippen LogP contribution in [0.1, 0.15) is 0 Å². The van der Waals surface area contributed by atoms with E-state index in [-0.39, 0.29) is 0 Å². The zero-order chi connectivity index (χ0) is 8.53. The first-order chi connectivity index (χ1) is 5.43. The Kier molecular flexibility index (Phi) is 5.16. The lowest BCUT2D eigenvalue weighted by Crippen LogP contribution is -1.95. The standard InChI is InChI=1S/C5H5N3O.C2H2/c9-4-8-5-3-6-1-2-7-5;1-2/h1-4H,(H,7,8,9);1-2H. The number of hydrogen-bond donors (Lipinski definition) is 1. The summed E-state index contributed by atoms with van der Waals surface area (Å²) in [6, 6.07) is 0. The Hall–Kier alpha value is -1.89. The second-order valence-corrected chi connectivity index (χ2v) is 1.35. The third-order valence-electron chi connectivity index (χ3n) is 0.770. The molecule has 0 aromatic carbocycles. The van der Waals surface area contributed by atoms with E-state index in [0.717, 1.165) is 0 Å². The number of rotatable bonds is 2. The lowest BCUT2D eigenvalue weighted by molar-refractivity contribution is -0.105. The van der Waals surface area contributed by atoms with Gasteiger partial charge in [-0.05, 0) is 0 Å². The molecule has 11 heavy (non-hydrogen) atoms. The van der Waals surface area contributed by atoms with Crippen molar-refractivity contribution >= 4 is 12.2 Å². The molecule has 0 spiro atoms. The molecule has 56 valence electrons. The van der Waals surface area contributed by atoms with Gasteiger partial charge in [-0.25, -0.2) is 4.98 Å². The predicted molar refractivity (Wildman–Crippen MR) is 41.6 cm³/mol. The highest BCUT2D eigenvalue weighted by Crippen LogP contribution is 1.92. The second kappa shape index (κ2) is 6.23. The SMILES string of the molecule is C#C.O=CNc1cnccn1. The highest BCUT2D eigenvalue weighted by Gasteiger charge is 1.84. The van der Waals surface area contributed by atoms with Crippen LogP contribution in [0.2, 0.25) is 0 Å². The first-order valence-electron chi connectivity index (χ1n) is 2.73. The smallest absolute Gasteiger partial charge is 0.212 e. The maximum absolute atomic E-state index is 9.80. The van der Waals surface area contributed by atoms with Crippen molar-refractivity contribution in [3.8, 4) is 12.8 Å². The highest BCUT2D eigenvalue weighted by molar-refractivity contribution is 5.67. The molecule has 0 saturated carbocycles. The number of amides is 1. The van der Waals surface area contributed by atoms with Crippen LogP contribution in [0, 0.1) is 12.8 Å². The van der Waals surface area contributed by atoms with E-state index in [0.29, 0.717) is 12.2 Å². The van der Waals surface area contributed by atoms with Crippen molar-refractivity contribution in [2.75, 3.05) is 5.32 Å². The van der Waals surface area contributed by atoms with Gasteiger partial charge in [-0.2, -0.15) is 0 Å². The van der Waals surface area contributed by atoms with Crippen molar-refractivity contribution in [1.82, 2.24) is 9.97 Å². The fraction of sp³-hybridized carbons (Fsp3) is 0. The largest absolute Gasteiger partial charge is 0.312 e. The number of carbonyl (C=O) groups excluding carboxylic acids is 1. The second-order valence-electron chi connectivity index (χ2n) is 1.35. The number of anilines is 1. The molecule has 0 atom stereocenters. The Morgan fingerprint density at radius 3 is 2.64 bits per heavy atom. The van der Waals surface area contributed by atoms with Crippen molar-refractivity contribution in [2.45, 2.75) is 0 Å². The highest BCUT2D eigenvalue weighted by atomic mass is 16.1. The maximum atomic E-state index is 9.80. The summed E-state index contributed by atoms with van der Waals surface area (Å²) in [4.78, 5) is 17.3. The fourth-order valence-electron chi connectivity index (χ4n) is 0.434. The Balaban J connectivity index is 0.000000461. The van der Waals surface area contributed by atoms with Crippen LogP contribution < -0.4 is 5.32 Å². The maximum Gasteiger partial charge on any atom is 0.212 e. The van der Waals surface area contributed by atoms with Crippen LogP contribution in [0.3, 0.4) is 0 Å². The van der Waals surface area contributed by atoms with Gasteiger partial charge in [-0.1, -0.05) is 0 Å². The van der Waals surface area contributed by atoms with E-state index in [1.807, 2.05) is 0 Å². The minimum absolute atomic E-state index is 0.465. The van der Waals surface area contributed by atoms with Gasteiger partial charge < -0.3 is 5.32 Å². The summed E-state index contributed by atoms with van der Waals surface area (Å²) < 4.78 is 0. The van der Waals surface area contributed by atoms with Crippen LogP contribution in [-0.2, 0) is 4.79 Å². The van der Waals surface area contributed by atoms with Crippen LogP contribution in [0.4, 0.5) is 5.82 Å². The van der Waals surface area contributed by atoms with Crippen LogP contribution in [0.5, 0.6) is 0 Å². The average molecular weight is 149 g/mol. The Morgan fingerprint density at radius 2 is 2.18 bits per heavy atom. The van der Waals surface area contributed by atoms with Crippen molar-refractivity contribution in [2.24, 2.45) is 0 Å². The molecule has 1 aromatic rings. The molecule has 4 heteroatoms. The molecule has 1 N–H and O–H groups in total. The number of carbonyl (C=O) groups is 1. The molecule has 0 fully saturated rings.